The van der Waals surface area contributed by atoms with Crippen molar-refractivity contribution in [2.24, 2.45) is 16.6 Å². The summed E-state index contributed by atoms with van der Waals surface area (Å²) in [5.74, 6) is 0.779. The second-order valence-electron chi connectivity index (χ2n) is 4.81. The van der Waals surface area contributed by atoms with E-state index in [0.29, 0.717) is 29.2 Å². The zero-order chi connectivity index (χ0) is 15.2. The molecule has 9 heteroatoms. The summed E-state index contributed by atoms with van der Waals surface area (Å²) in [5.41, 5.74) is 5.65. The van der Waals surface area contributed by atoms with Crippen LogP contribution >= 0.6 is 35.3 Å². The van der Waals surface area contributed by atoms with Gasteiger partial charge in [0.1, 0.15) is 4.21 Å². The Morgan fingerprint density at radius 1 is 1.38 bits per heavy atom. The molecule has 0 fully saturated rings. The number of hydrogen-bond donors (Lipinski definition) is 3. The zero-order valence-corrected chi connectivity index (χ0v) is 16.4. The fourth-order valence-electron chi connectivity index (χ4n) is 1.34. The Hall–Kier alpha value is -0.390. The van der Waals surface area contributed by atoms with Crippen LogP contribution in [-0.4, -0.2) is 34.0 Å². The first-order valence-corrected chi connectivity index (χ1v) is 8.71. The van der Waals surface area contributed by atoms with E-state index in [0.717, 1.165) is 4.88 Å². The molecule has 0 amide bonds. The number of aliphatic imine (C=N–C) groups is 1. The maximum Gasteiger partial charge on any atom is 0.250 e. The maximum absolute atomic E-state index is 11.9. The van der Waals surface area contributed by atoms with E-state index in [1.807, 2.05) is 20.8 Å². The summed E-state index contributed by atoms with van der Waals surface area (Å²) in [6.07, 6.45) is 0. The first-order chi connectivity index (χ1) is 9.31. The van der Waals surface area contributed by atoms with E-state index < -0.39 is 10.0 Å². The van der Waals surface area contributed by atoms with Crippen LogP contribution in [0.2, 0.25) is 0 Å². The molecule has 0 saturated carbocycles. The van der Waals surface area contributed by atoms with Crippen LogP contribution < -0.4 is 15.8 Å². The first kappa shape index (κ1) is 20.6. The van der Waals surface area contributed by atoms with Gasteiger partial charge in [-0.05, 0) is 25.0 Å². The molecule has 0 aliphatic rings. The van der Waals surface area contributed by atoms with Gasteiger partial charge in [0.15, 0.2) is 5.96 Å². The highest BCUT2D eigenvalue weighted by molar-refractivity contribution is 14.0. The second-order valence-corrected chi connectivity index (χ2v) is 8.09. The predicted molar refractivity (Wildman–Crippen MR) is 99.0 cm³/mol. The quantitative estimate of drug-likeness (QED) is 0.256. The Morgan fingerprint density at radius 3 is 2.57 bits per heavy atom. The summed E-state index contributed by atoms with van der Waals surface area (Å²) in [6.45, 7) is 7.28. The predicted octanol–water partition coefficient (Wildman–Crippen LogP) is 1.51. The molecule has 4 N–H and O–H groups in total. The van der Waals surface area contributed by atoms with Crippen LogP contribution in [0.3, 0.4) is 0 Å². The minimum Gasteiger partial charge on any atom is -0.370 e. The molecule has 0 aromatic carbocycles. The van der Waals surface area contributed by atoms with Gasteiger partial charge in [0.25, 0.3) is 0 Å². The van der Waals surface area contributed by atoms with Crippen molar-refractivity contribution in [1.29, 1.82) is 0 Å². The standard InChI is InChI=1S/C12H22N4O2S2.HI/c1-9(2)8-15-12(13)14-6-7-16-20(17,18)11-5-4-10(3)19-11;/h4-5,9,16H,6-8H2,1-3H3,(H3,13,14,15);1H. The lowest BCUT2D eigenvalue weighted by atomic mass is 10.2. The molecule has 0 bridgehead atoms. The van der Waals surface area contributed by atoms with Crippen LogP contribution in [0.5, 0.6) is 0 Å². The number of sulfonamides is 1. The van der Waals surface area contributed by atoms with Crippen molar-refractivity contribution in [3.63, 3.8) is 0 Å². The molecule has 0 aliphatic carbocycles. The summed E-state index contributed by atoms with van der Waals surface area (Å²) >= 11 is 1.25. The lowest BCUT2D eigenvalue weighted by molar-refractivity contribution is 0.583. The van der Waals surface area contributed by atoms with E-state index in [9.17, 15) is 8.42 Å². The molecule has 1 aromatic heterocycles. The fourth-order valence-corrected chi connectivity index (χ4v) is 3.70. The van der Waals surface area contributed by atoms with Gasteiger partial charge in [-0.25, -0.2) is 13.1 Å². The summed E-state index contributed by atoms with van der Waals surface area (Å²) in [5, 5.41) is 2.87. The molecule has 122 valence electrons. The minimum absolute atomic E-state index is 0. The Morgan fingerprint density at radius 2 is 2.05 bits per heavy atom. The third kappa shape index (κ3) is 7.98. The number of nitrogens with one attached hydrogen (secondary N) is 2. The van der Waals surface area contributed by atoms with Crippen LogP contribution in [0.15, 0.2) is 21.3 Å². The average Bonchev–Trinajstić information content (AvgIpc) is 2.79. The number of nitrogens with two attached hydrogens (primary N) is 1. The van der Waals surface area contributed by atoms with Gasteiger partial charge in [0.2, 0.25) is 10.0 Å². The second kappa shape index (κ2) is 9.59. The number of thiophene rings is 1. The SMILES string of the molecule is Cc1ccc(S(=O)(=O)NCCNC(N)=NCC(C)C)s1.I. The van der Waals surface area contributed by atoms with Crippen molar-refractivity contribution in [2.75, 3.05) is 19.6 Å². The molecule has 0 unspecified atom stereocenters. The summed E-state index contributed by atoms with van der Waals surface area (Å²) in [6, 6.07) is 3.39. The number of rotatable bonds is 7. The van der Waals surface area contributed by atoms with E-state index in [2.05, 4.69) is 15.0 Å². The normalized spacial score (nSPS) is 12.3. The molecule has 0 spiro atoms. The molecular weight excluding hydrogens is 423 g/mol. The van der Waals surface area contributed by atoms with E-state index in [1.165, 1.54) is 11.3 Å². The molecule has 1 rings (SSSR count). The molecule has 1 heterocycles. The Balaban J connectivity index is 0.00000400. The van der Waals surface area contributed by atoms with Crippen molar-refractivity contribution in [2.45, 2.75) is 25.0 Å². The highest BCUT2D eigenvalue weighted by Crippen LogP contribution is 2.19. The third-order valence-corrected chi connectivity index (χ3v) is 5.28. The highest BCUT2D eigenvalue weighted by Gasteiger charge is 2.14. The van der Waals surface area contributed by atoms with Crippen molar-refractivity contribution in [1.82, 2.24) is 10.0 Å². The van der Waals surface area contributed by atoms with Crippen molar-refractivity contribution in [3.05, 3.63) is 17.0 Å². The van der Waals surface area contributed by atoms with Crippen molar-refractivity contribution in [3.8, 4) is 0 Å². The van der Waals surface area contributed by atoms with Gasteiger partial charge in [-0.1, -0.05) is 13.8 Å². The number of aryl methyl sites for hydroxylation is 1. The van der Waals surface area contributed by atoms with Crippen LogP contribution in [0, 0.1) is 12.8 Å². The summed E-state index contributed by atoms with van der Waals surface area (Å²) in [4.78, 5) is 5.09. The highest BCUT2D eigenvalue weighted by atomic mass is 127. The third-order valence-electron chi connectivity index (χ3n) is 2.33. The lowest BCUT2D eigenvalue weighted by Gasteiger charge is -2.07. The van der Waals surface area contributed by atoms with Crippen LogP contribution in [0.1, 0.15) is 18.7 Å². The van der Waals surface area contributed by atoms with Crippen molar-refractivity contribution < 1.29 is 8.42 Å². The largest absolute Gasteiger partial charge is 0.370 e. The molecule has 0 saturated heterocycles. The van der Waals surface area contributed by atoms with E-state index in [4.69, 9.17) is 5.73 Å². The van der Waals surface area contributed by atoms with E-state index in [1.54, 1.807) is 12.1 Å². The molecule has 1 aromatic rings. The Bertz CT molecular complexity index is 555. The Kier molecular flexibility index (Phi) is 9.41. The van der Waals surface area contributed by atoms with Crippen molar-refractivity contribution >= 4 is 51.3 Å². The fraction of sp³-hybridized carbons (Fsp3) is 0.583. The average molecular weight is 446 g/mol. The molecule has 0 aliphatic heterocycles. The molecule has 0 radical (unpaired) electrons. The zero-order valence-electron chi connectivity index (χ0n) is 12.4. The summed E-state index contributed by atoms with van der Waals surface area (Å²) in [7, 11) is -3.42. The molecule has 0 atom stereocenters. The molecule has 21 heavy (non-hydrogen) atoms. The number of nitrogens with zero attached hydrogens (tertiary/aromatic N) is 1. The number of hydrogen-bond acceptors (Lipinski definition) is 4. The lowest BCUT2D eigenvalue weighted by Crippen LogP contribution is -2.38. The molecule has 6 nitrogen and oxygen atoms in total. The van der Waals surface area contributed by atoms with Gasteiger partial charge < -0.3 is 11.1 Å². The first-order valence-electron chi connectivity index (χ1n) is 6.41. The Labute approximate surface area is 147 Å². The maximum atomic E-state index is 11.9. The number of guanidine groups is 1. The summed E-state index contributed by atoms with van der Waals surface area (Å²) < 4.78 is 26.7. The molecular formula is C12H23IN4O2S2. The van der Waals surface area contributed by atoms with Gasteiger partial charge in [-0.2, -0.15) is 0 Å². The minimum atomic E-state index is -3.42. The van der Waals surface area contributed by atoms with Gasteiger partial charge >= 0.3 is 0 Å². The van der Waals surface area contributed by atoms with Crippen LogP contribution in [0.4, 0.5) is 0 Å². The monoisotopic (exact) mass is 446 g/mol. The van der Waals surface area contributed by atoms with Gasteiger partial charge in [-0.15, -0.1) is 35.3 Å². The van der Waals surface area contributed by atoms with E-state index >= 15 is 0 Å². The van der Waals surface area contributed by atoms with Gasteiger partial charge in [0.05, 0.1) is 0 Å². The van der Waals surface area contributed by atoms with Crippen LogP contribution in [-0.2, 0) is 10.0 Å². The number of halogens is 1. The van der Waals surface area contributed by atoms with Gasteiger partial charge in [0, 0.05) is 24.5 Å². The van der Waals surface area contributed by atoms with E-state index in [-0.39, 0.29) is 30.5 Å². The van der Waals surface area contributed by atoms with Gasteiger partial charge in [-0.3, -0.25) is 4.99 Å². The van der Waals surface area contributed by atoms with Crippen LogP contribution in [0.25, 0.3) is 0 Å². The topological polar surface area (TPSA) is 96.6 Å². The smallest absolute Gasteiger partial charge is 0.250 e.